The molecule has 2 aromatic rings. The molecule has 20 heavy (non-hydrogen) atoms. The minimum atomic E-state index is 0.0882. The third-order valence-electron chi connectivity index (χ3n) is 3.14. The lowest BCUT2D eigenvalue weighted by Crippen LogP contribution is -2.01. The standard InChI is InChI=1S/C17H15NO2/c1-20-16-9-4-13(5-10-16)6-11-17(19)15-7-2-14(12-18)3-8-15/h2-5,7-10H,6,11H2,1H3. The molecule has 0 N–H and O–H groups in total. The van der Waals surface area contributed by atoms with Crippen molar-refractivity contribution in [3.8, 4) is 11.8 Å². The second-order valence-corrected chi connectivity index (χ2v) is 4.46. The van der Waals surface area contributed by atoms with Crippen LogP contribution < -0.4 is 4.74 Å². The Morgan fingerprint density at radius 1 is 1.10 bits per heavy atom. The number of carbonyl (C=O) groups excluding carboxylic acids is 1. The lowest BCUT2D eigenvalue weighted by Gasteiger charge is -2.04. The number of carbonyl (C=O) groups is 1. The highest BCUT2D eigenvalue weighted by Crippen LogP contribution is 2.14. The first kappa shape index (κ1) is 13.8. The highest BCUT2D eigenvalue weighted by atomic mass is 16.5. The van der Waals surface area contributed by atoms with Gasteiger partial charge in [0.05, 0.1) is 18.7 Å². The van der Waals surface area contributed by atoms with Crippen molar-refractivity contribution in [3.63, 3.8) is 0 Å². The van der Waals surface area contributed by atoms with Crippen molar-refractivity contribution < 1.29 is 9.53 Å². The molecule has 0 aliphatic rings. The van der Waals surface area contributed by atoms with Crippen LogP contribution in [0, 0.1) is 11.3 Å². The summed E-state index contributed by atoms with van der Waals surface area (Å²) in [5.41, 5.74) is 2.32. The normalized spacial score (nSPS) is 9.80. The summed E-state index contributed by atoms with van der Waals surface area (Å²) in [5.74, 6) is 0.900. The Morgan fingerprint density at radius 3 is 2.30 bits per heavy atom. The number of ether oxygens (including phenoxy) is 1. The molecule has 3 nitrogen and oxygen atoms in total. The summed E-state index contributed by atoms with van der Waals surface area (Å²) in [4.78, 5) is 12.0. The van der Waals surface area contributed by atoms with Crippen molar-refractivity contribution in [2.24, 2.45) is 0 Å². The molecule has 0 radical (unpaired) electrons. The second-order valence-electron chi connectivity index (χ2n) is 4.46. The van der Waals surface area contributed by atoms with Crippen LogP contribution in [0.5, 0.6) is 5.75 Å². The number of benzene rings is 2. The first-order valence-corrected chi connectivity index (χ1v) is 6.39. The van der Waals surface area contributed by atoms with Crippen LogP contribution in [0.3, 0.4) is 0 Å². The van der Waals surface area contributed by atoms with Gasteiger partial charge in [0.15, 0.2) is 5.78 Å². The molecule has 2 rings (SSSR count). The Bertz CT molecular complexity index is 622. The zero-order valence-electron chi connectivity index (χ0n) is 11.3. The van der Waals surface area contributed by atoms with Gasteiger partial charge in [-0.3, -0.25) is 4.79 Å². The monoisotopic (exact) mass is 265 g/mol. The molecule has 0 aliphatic heterocycles. The summed E-state index contributed by atoms with van der Waals surface area (Å²) in [7, 11) is 1.63. The molecule has 0 fully saturated rings. The van der Waals surface area contributed by atoms with Crippen molar-refractivity contribution in [2.75, 3.05) is 7.11 Å². The molecule has 0 saturated heterocycles. The molecular weight excluding hydrogens is 250 g/mol. The number of nitrogens with zero attached hydrogens (tertiary/aromatic N) is 1. The van der Waals surface area contributed by atoms with Crippen LogP contribution in [0.15, 0.2) is 48.5 Å². The molecule has 0 bridgehead atoms. The largest absolute Gasteiger partial charge is 0.497 e. The molecule has 3 heteroatoms. The van der Waals surface area contributed by atoms with Crippen LogP contribution in [-0.4, -0.2) is 12.9 Å². The van der Waals surface area contributed by atoms with E-state index in [1.54, 1.807) is 31.4 Å². The fourth-order valence-corrected chi connectivity index (χ4v) is 1.93. The van der Waals surface area contributed by atoms with Crippen molar-refractivity contribution in [2.45, 2.75) is 12.8 Å². The minimum Gasteiger partial charge on any atom is -0.497 e. The van der Waals surface area contributed by atoms with E-state index < -0.39 is 0 Å². The van der Waals surface area contributed by atoms with Crippen LogP contribution in [0.4, 0.5) is 0 Å². The summed E-state index contributed by atoms with van der Waals surface area (Å²) < 4.78 is 5.09. The molecule has 0 heterocycles. The van der Waals surface area contributed by atoms with E-state index in [-0.39, 0.29) is 5.78 Å². The zero-order chi connectivity index (χ0) is 14.4. The predicted octanol–water partition coefficient (Wildman–Crippen LogP) is 3.38. The fraction of sp³-hybridized carbons (Fsp3) is 0.176. The van der Waals surface area contributed by atoms with Crippen molar-refractivity contribution >= 4 is 5.78 Å². The maximum absolute atomic E-state index is 12.0. The maximum Gasteiger partial charge on any atom is 0.163 e. The van der Waals surface area contributed by atoms with E-state index in [2.05, 4.69) is 0 Å². The highest BCUT2D eigenvalue weighted by molar-refractivity contribution is 5.96. The average molecular weight is 265 g/mol. The van der Waals surface area contributed by atoms with Crippen LogP contribution in [-0.2, 0) is 6.42 Å². The third kappa shape index (κ3) is 3.46. The number of aryl methyl sites for hydroxylation is 1. The van der Waals surface area contributed by atoms with Gasteiger partial charge in [0.2, 0.25) is 0 Å². The predicted molar refractivity (Wildman–Crippen MR) is 76.8 cm³/mol. The summed E-state index contributed by atoms with van der Waals surface area (Å²) >= 11 is 0. The van der Waals surface area contributed by atoms with Gasteiger partial charge in [-0.15, -0.1) is 0 Å². The minimum absolute atomic E-state index is 0.0882. The van der Waals surface area contributed by atoms with Gasteiger partial charge in [-0.25, -0.2) is 0 Å². The summed E-state index contributed by atoms with van der Waals surface area (Å²) in [6.45, 7) is 0. The number of hydrogen-bond acceptors (Lipinski definition) is 3. The molecule has 0 amide bonds. The lowest BCUT2D eigenvalue weighted by molar-refractivity contribution is 0.0983. The van der Waals surface area contributed by atoms with Gasteiger partial charge in [0.1, 0.15) is 5.75 Å². The SMILES string of the molecule is COc1ccc(CCC(=O)c2ccc(C#N)cc2)cc1. The smallest absolute Gasteiger partial charge is 0.163 e. The Balaban J connectivity index is 1.95. The van der Waals surface area contributed by atoms with E-state index in [1.807, 2.05) is 30.3 Å². The van der Waals surface area contributed by atoms with Gasteiger partial charge in [0.25, 0.3) is 0 Å². The molecular formula is C17H15NO2. The number of ketones is 1. The molecule has 0 aromatic heterocycles. The van der Waals surface area contributed by atoms with Crippen molar-refractivity contribution in [1.82, 2.24) is 0 Å². The van der Waals surface area contributed by atoms with Crippen LogP contribution in [0.1, 0.15) is 27.9 Å². The molecule has 0 spiro atoms. The first-order valence-electron chi connectivity index (χ1n) is 6.39. The van der Waals surface area contributed by atoms with Crippen LogP contribution in [0.2, 0.25) is 0 Å². The Labute approximate surface area is 118 Å². The summed E-state index contributed by atoms with van der Waals surface area (Å²) in [6, 6.07) is 16.5. The Kier molecular flexibility index (Phi) is 4.52. The first-order chi connectivity index (χ1) is 9.72. The molecule has 0 atom stereocenters. The number of nitriles is 1. The van der Waals surface area contributed by atoms with Gasteiger partial charge in [-0.2, -0.15) is 5.26 Å². The average Bonchev–Trinajstić information content (AvgIpc) is 2.53. The summed E-state index contributed by atoms with van der Waals surface area (Å²) in [5, 5.41) is 8.72. The number of methoxy groups -OCH3 is 1. The topological polar surface area (TPSA) is 50.1 Å². The Morgan fingerprint density at radius 2 is 1.75 bits per heavy atom. The quantitative estimate of drug-likeness (QED) is 0.779. The van der Waals surface area contributed by atoms with Crippen molar-refractivity contribution in [3.05, 3.63) is 65.2 Å². The molecule has 100 valence electrons. The zero-order valence-corrected chi connectivity index (χ0v) is 11.3. The highest BCUT2D eigenvalue weighted by Gasteiger charge is 2.06. The second kappa shape index (κ2) is 6.53. The fourth-order valence-electron chi connectivity index (χ4n) is 1.93. The van der Waals surface area contributed by atoms with Crippen LogP contribution in [0.25, 0.3) is 0 Å². The van der Waals surface area contributed by atoms with Crippen molar-refractivity contribution in [1.29, 1.82) is 5.26 Å². The number of Topliss-reactive ketones (excluding diaryl/α,β-unsaturated/α-hetero) is 1. The maximum atomic E-state index is 12.0. The van der Waals surface area contributed by atoms with E-state index >= 15 is 0 Å². The van der Waals surface area contributed by atoms with E-state index in [9.17, 15) is 4.79 Å². The lowest BCUT2D eigenvalue weighted by atomic mass is 10.0. The van der Waals surface area contributed by atoms with E-state index in [1.165, 1.54) is 0 Å². The number of rotatable bonds is 5. The van der Waals surface area contributed by atoms with Gasteiger partial charge >= 0.3 is 0 Å². The van der Waals surface area contributed by atoms with E-state index in [0.29, 0.717) is 24.0 Å². The van der Waals surface area contributed by atoms with Gasteiger partial charge < -0.3 is 4.74 Å². The number of hydrogen-bond donors (Lipinski definition) is 0. The van der Waals surface area contributed by atoms with Gasteiger partial charge in [-0.1, -0.05) is 24.3 Å². The third-order valence-corrected chi connectivity index (χ3v) is 3.14. The Hall–Kier alpha value is -2.60. The van der Waals surface area contributed by atoms with E-state index in [0.717, 1.165) is 11.3 Å². The van der Waals surface area contributed by atoms with Crippen LogP contribution >= 0.6 is 0 Å². The molecule has 0 unspecified atom stereocenters. The molecule has 2 aromatic carbocycles. The van der Waals surface area contributed by atoms with E-state index in [4.69, 9.17) is 10.00 Å². The van der Waals surface area contributed by atoms with Gasteiger partial charge in [-0.05, 0) is 36.2 Å². The summed E-state index contributed by atoms with van der Waals surface area (Å²) in [6.07, 6.45) is 1.15. The molecule has 0 saturated carbocycles. The van der Waals surface area contributed by atoms with Gasteiger partial charge in [0, 0.05) is 12.0 Å². The molecule has 0 aliphatic carbocycles.